The van der Waals surface area contributed by atoms with Gasteiger partial charge in [-0.1, -0.05) is 19.9 Å². The van der Waals surface area contributed by atoms with Gasteiger partial charge in [-0.2, -0.15) is 0 Å². The summed E-state index contributed by atoms with van der Waals surface area (Å²) in [6.07, 6.45) is 0.933. The maximum atomic E-state index is 13.2. The molecule has 0 radical (unpaired) electrons. The van der Waals surface area contributed by atoms with E-state index in [1.165, 1.54) is 6.07 Å². The molecule has 0 amide bonds. The van der Waals surface area contributed by atoms with Crippen LogP contribution in [0.15, 0.2) is 18.2 Å². The summed E-state index contributed by atoms with van der Waals surface area (Å²) >= 11 is 0. The lowest BCUT2D eigenvalue weighted by Crippen LogP contribution is -2.22. The normalized spacial score (nSPS) is 10.9. The molecule has 1 aromatic rings. The van der Waals surface area contributed by atoms with Crippen molar-refractivity contribution in [3.05, 3.63) is 29.6 Å². The van der Waals surface area contributed by atoms with E-state index in [0.717, 1.165) is 19.5 Å². The third-order valence-corrected chi connectivity index (χ3v) is 2.46. The Morgan fingerprint density at radius 1 is 1.35 bits per heavy atom. The van der Waals surface area contributed by atoms with E-state index in [1.807, 2.05) is 0 Å². The van der Waals surface area contributed by atoms with Crippen LogP contribution in [-0.2, 0) is 0 Å². The minimum absolute atomic E-state index is 0.208. The average molecular weight is 239 g/mol. The molecule has 0 saturated carbocycles. The summed E-state index contributed by atoms with van der Waals surface area (Å²) in [7, 11) is 0. The van der Waals surface area contributed by atoms with E-state index < -0.39 is 0 Å². The molecule has 2 nitrogen and oxygen atoms in total. The number of benzene rings is 1. The predicted octanol–water partition coefficient (Wildman–Crippen LogP) is 3.15. The Morgan fingerprint density at radius 2 is 2.12 bits per heavy atom. The summed E-state index contributed by atoms with van der Waals surface area (Å²) in [6, 6.07) is 4.98. The second-order valence-electron chi connectivity index (χ2n) is 4.71. The molecule has 0 heterocycles. The predicted molar refractivity (Wildman–Crippen MR) is 69.0 cm³/mol. The van der Waals surface area contributed by atoms with Crippen LogP contribution >= 0.6 is 0 Å². The van der Waals surface area contributed by atoms with E-state index in [1.54, 1.807) is 19.1 Å². The van der Waals surface area contributed by atoms with Crippen LogP contribution in [0.25, 0.3) is 0 Å². The first-order valence-corrected chi connectivity index (χ1v) is 6.19. The van der Waals surface area contributed by atoms with Crippen molar-refractivity contribution >= 4 is 0 Å². The molecule has 1 aromatic carbocycles. The molecule has 0 aromatic heterocycles. The first kappa shape index (κ1) is 14.0. The molecule has 0 aliphatic carbocycles. The van der Waals surface area contributed by atoms with E-state index >= 15 is 0 Å². The van der Waals surface area contributed by atoms with Gasteiger partial charge in [0, 0.05) is 6.07 Å². The SMILES string of the molecule is Cc1ccc(OCCCNCC(C)C)cc1F. The van der Waals surface area contributed by atoms with Crippen molar-refractivity contribution in [1.29, 1.82) is 0 Å². The van der Waals surface area contributed by atoms with E-state index in [4.69, 9.17) is 4.74 Å². The Bertz CT molecular complexity index is 339. The molecular weight excluding hydrogens is 217 g/mol. The second kappa shape index (κ2) is 7.28. The van der Waals surface area contributed by atoms with E-state index in [2.05, 4.69) is 19.2 Å². The molecule has 0 atom stereocenters. The van der Waals surface area contributed by atoms with Crippen molar-refractivity contribution in [2.75, 3.05) is 19.7 Å². The molecule has 0 fully saturated rings. The van der Waals surface area contributed by atoms with Gasteiger partial charge in [-0.05, 0) is 44.0 Å². The Labute approximate surface area is 103 Å². The highest BCUT2D eigenvalue weighted by Gasteiger charge is 2.00. The molecule has 1 rings (SSSR count). The first-order valence-electron chi connectivity index (χ1n) is 6.19. The number of hydrogen-bond donors (Lipinski definition) is 1. The van der Waals surface area contributed by atoms with Gasteiger partial charge in [-0.25, -0.2) is 4.39 Å². The average Bonchev–Trinajstić information content (AvgIpc) is 2.27. The van der Waals surface area contributed by atoms with Crippen molar-refractivity contribution in [3.63, 3.8) is 0 Å². The molecule has 0 spiro atoms. The fourth-order valence-electron chi connectivity index (χ4n) is 1.44. The monoisotopic (exact) mass is 239 g/mol. The van der Waals surface area contributed by atoms with Crippen molar-refractivity contribution in [2.45, 2.75) is 27.2 Å². The van der Waals surface area contributed by atoms with Crippen LogP contribution in [0.3, 0.4) is 0 Å². The second-order valence-corrected chi connectivity index (χ2v) is 4.71. The van der Waals surface area contributed by atoms with Crippen LogP contribution in [0.4, 0.5) is 4.39 Å². The summed E-state index contributed by atoms with van der Waals surface area (Å²) in [4.78, 5) is 0. The summed E-state index contributed by atoms with van der Waals surface area (Å²) < 4.78 is 18.7. The van der Waals surface area contributed by atoms with Crippen molar-refractivity contribution in [2.24, 2.45) is 5.92 Å². The van der Waals surface area contributed by atoms with Gasteiger partial charge >= 0.3 is 0 Å². The number of aryl methyl sites for hydroxylation is 1. The van der Waals surface area contributed by atoms with Gasteiger partial charge in [0.05, 0.1) is 6.61 Å². The van der Waals surface area contributed by atoms with Gasteiger partial charge in [0.15, 0.2) is 0 Å². The summed E-state index contributed by atoms with van der Waals surface area (Å²) in [5, 5.41) is 3.34. The molecular formula is C14H22FNO. The molecule has 0 unspecified atom stereocenters. The van der Waals surface area contributed by atoms with Gasteiger partial charge in [-0.3, -0.25) is 0 Å². The first-order chi connectivity index (χ1) is 8.09. The van der Waals surface area contributed by atoms with E-state index in [0.29, 0.717) is 23.8 Å². The molecule has 0 aliphatic rings. The highest BCUT2D eigenvalue weighted by atomic mass is 19.1. The molecule has 17 heavy (non-hydrogen) atoms. The van der Waals surface area contributed by atoms with Crippen molar-refractivity contribution in [3.8, 4) is 5.75 Å². The molecule has 3 heteroatoms. The maximum absolute atomic E-state index is 13.2. The number of halogens is 1. The number of rotatable bonds is 7. The van der Waals surface area contributed by atoms with Gasteiger partial charge in [0.2, 0.25) is 0 Å². The molecule has 1 N–H and O–H groups in total. The topological polar surface area (TPSA) is 21.3 Å². The lowest BCUT2D eigenvalue weighted by molar-refractivity contribution is 0.305. The van der Waals surface area contributed by atoms with Crippen LogP contribution in [0.1, 0.15) is 25.8 Å². The van der Waals surface area contributed by atoms with Crippen LogP contribution in [0.2, 0.25) is 0 Å². The molecule has 0 aliphatic heterocycles. The zero-order valence-corrected chi connectivity index (χ0v) is 10.9. The smallest absolute Gasteiger partial charge is 0.129 e. The lowest BCUT2D eigenvalue weighted by Gasteiger charge is -2.09. The third-order valence-electron chi connectivity index (χ3n) is 2.46. The van der Waals surface area contributed by atoms with Crippen molar-refractivity contribution < 1.29 is 9.13 Å². The minimum Gasteiger partial charge on any atom is -0.493 e. The highest BCUT2D eigenvalue weighted by Crippen LogP contribution is 2.15. The van der Waals surface area contributed by atoms with Crippen LogP contribution < -0.4 is 10.1 Å². The zero-order chi connectivity index (χ0) is 12.7. The van der Waals surface area contributed by atoms with E-state index in [9.17, 15) is 4.39 Å². The number of nitrogens with one attached hydrogen (secondary N) is 1. The maximum Gasteiger partial charge on any atom is 0.129 e. The number of hydrogen-bond acceptors (Lipinski definition) is 2. The summed E-state index contributed by atoms with van der Waals surface area (Å²) in [5.74, 6) is 1.07. The lowest BCUT2D eigenvalue weighted by atomic mass is 10.2. The van der Waals surface area contributed by atoms with Crippen molar-refractivity contribution in [1.82, 2.24) is 5.32 Å². The standard InChI is InChI=1S/C14H22FNO/c1-11(2)10-16-7-4-8-17-13-6-5-12(3)14(15)9-13/h5-6,9,11,16H,4,7-8,10H2,1-3H3. The quantitative estimate of drug-likeness (QED) is 0.738. The molecule has 0 saturated heterocycles. The number of ether oxygens (including phenoxy) is 1. The fourth-order valence-corrected chi connectivity index (χ4v) is 1.44. The van der Waals surface area contributed by atoms with Gasteiger partial charge < -0.3 is 10.1 Å². The van der Waals surface area contributed by atoms with Crippen LogP contribution in [0.5, 0.6) is 5.75 Å². The van der Waals surface area contributed by atoms with Gasteiger partial charge in [0.25, 0.3) is 0 Å². The Balaban J connectivity index is 2.16. The molecule has 96 valence electrons. The highest BCUT2D eigenvalue weighted by molar-refractivity contribution is 5.27. The van der Waals surface area contributed by atoms with Crippen LogP contribution in [0, 0.1) is 18.7 Å². The van der Waals surface area contributed by atoms with Crippen LogP contribution in [-0.4, -0.2) is 19.7 Å². The summed E-state index contributed by atoms with van der Waals surface area (Å²) in [5.41, 5.74) is 0.649. The third kappa shape index (κ3) is 5.68. The van der Waals surface area contributed by atoms with Gasteiger partial charge in [0.1, 0.15) is 11.6 Å². The molecule has 0 bridgehead atoms. The zero-order valence-electron chi connectivity index (χ0n) is 10.9. The van der Waals surface area contributed by atoms with E-state index in [-0.39, 0.29) is 5.82 Å². The van der Waals surface area contributed by atoms with Gasteiger partial charge in [-0.15, -0.1) is 0 Å². The minimum atomic E-state index is -0.208. The fraction of sp³-hybridized carbons (Fsp3) is 0.571. The Hall–Kier alpha value is -1.09. The Morgan fingerprint density at radius 3 is 2.76 bits per heavy atom. The largest absolute Gasteiger partial charge is 0.493 e. The Kier molecular flexibility index (Phi) is 5.98. The summed E-state index contributed by atoms with van der Waals surface area (Å²) in [6.45, 7) is 8.69.